The third-order valence-corrected chi connectivity index (χ3v) is 3.50. The Labute approximate surface area is 89.0 Å². The molecule has 0 saturated heterocycles. The number of anilines is 1. The fourth-order valence-electron chi connectivity index (χ4n) is 2.66. The highest BCUT2D eigenvalue weighted by atomic mass is 16.2. The lowest BCUT2D eigenvalue weighted by Crippen LogP contribution is -2.35. The third-order valence-electron chi connectivity index (χ3n) is 3.50. The van der Waals surface area contributed by atoms with Gasteiger partial charge < -0.3 is 5.32 Å². The molecule has 0 radical (unpaired) electrons. The highest BCUT2D eigenvalue weighted by Crippen LogP contribution is 2.45. The van der Waals surface area contributed by atoms with Gasteiger partial charge in [-0.3, -0.25) is 4.79 Å². The fraction of sp³-hybridized carbons (Fsp3) is 0.308. The van der Waals surface area contributed by atoms with Crippen LogP contribution in [-0.4, -0.2) is 5.91 Å². The minimum Gasteiger partial charge on any atom is -0.325 e. The number of amides is 1. The Bertz CT molecular complexity index is 450. The van der Waals surface area contributed by atoms with Gasteiger partial charge in [0.1, 0.15) is 0 Å². The maximum Gasteiger partial charge on any atom is 0.235 e. The molecule has 0 fully saturated rings. The van der Waals surface area contributed by atoms with Gasteiger partial charge >= 0.3 is 0 Å². The number of nitrogens with one attached hydrogen (secondary N) is 1. The van der Waals surface area contributed by atoms with Gasteiger partial charge in [0, 0.05) is 5.69 Å². The van der Waals surface area contributed by atoms with E-state index in [0.29, 0.717) is 0 Å². The molecule has 1 amide bonds. The molecule has 15 heavy (non-hydrogen) atoms. The van der Waals surface area contributed by atoms with Crippen LogP contribution in [0.1, 0.15) is 24.8 Å². The molecule has 1 aromatic rings. The lowest BCUT2D eigenvalue weighted by molar-refractivity contribution is -0.121. The zero-order valence-corrected chi connectivity index (χ0v) is 8.49. The Morgan fingerprint density at radius 1 is 1.20 bits per heavy atom. The summed E-state index contributed by atoms with van der Waals surface area (Å²) in [7, 11) is 0. The van der Waals surface area contributed by atoms with Crippen LogP contribution in [0, 0.1) is 0 Å². The Hall–Kier alpha value is -1.57. The fourth-order valence-corrected chi connectivity index (χ4v) is 2.66. The number of fused-ring (bicyclic) bond motifs is 2. The Balaban J connectivity index is 2.16. The van der Waals surface area contributed by atoms with Crippen LogP contribution in [0.3, 0.4) is 0 Å². The van der Waals surface area contributed by atoms with Crippen molar-refractivity contribution in [3.8, 4) is 0 Å². The van der Waals surface area contributed by atoms with Crippen LogP contribution >= 0.6 is 0 Å². The molecule has 1 aromatic carbocycles. The molecule has 1 aliphatic heterocycles. The average molecular weight is 199 g/mol. The molecule has 1 aliphatic carbocycles. The summed E-state index contributed by atoms with van der Waals surface area (Å²) >= 11 is 0. The van der Waals surface area contributed by atoms with Gasteiger partial charge in [-0.05, 0) is 30.9 Å². The van der Waals surface area contributed by atoms with Gasteiger partial charge in [-0.2, -0.15) is 0 Å². The molecule has 1 atom stereocenters. The highest BCUT2D eigenvalue weighted by Gasteiger charge is 2.45. The van der Waals surface area contributed by atoms with Crippen molar-refractivity contribution in [1.82, 2.24) is 0 Å². The normalized spacial score (nSPS) is 27.9. The molecule has 1 unspecified atom stereocenters. The van der Waals surface area contributed by atoms with Crippen LogP contribution in [0.2, 0.25) is 0 Å². The van der Waals surface area contributed by atoms with Gasteiger partial charge in [0.2, 0.25) is 5.91 Å². The van der Waals surface area contributed by atoms with Crippen molar-refractivity contribution in [3.63, 3.8) is 0 Å². The predicted molar refractivity (Wildman–Crippen MR) is 59.7 cm³/mol. The van der Waals surface area contributed by atoms with Gasteiger partial charge in [-0.1, -0.05) is 30.4 Å². The van der Waals surface area contributed by atoms with Crippen LogP contribution in [0.25, 0.3) is 0 Å². The van der Waals surface area contributed by atoms with E-state index in [-0.39, 0.29) is 11.3 Å². The zero-order valence-electron chi connectivity index (χ0n) is 8.49. The molecule has 3 rings (SSSR count). The molecule has 2 aliphatic rings. The van der Waals surface area contributed by atoms with E-state index in [1.807, 2.05) is 18.2 Å². The van der Waals surface area contributed by atoms with Gasteiger partial charge in [-0.15, -0.1) is 0 Å². The van der Waals surface area contributed by atoms with E-state index in [4.69, 9.17) is 0 Å². The van der Waals surface area contributed by atoms with Crippen molar-refractivity contribution in [3.05, 3.63) is 42.0 Å². The van der Waals surface area contributed by atoms with E-state index < -0.39 is 0 Å². The first-order chi connectivity index (χ1) is 7.33. The number of hydrogen-bond donors (Lipinski definition) is 1. The molecular weight excluding hydrogens is 186 g/mol. The first-order valence-electron chi connectivity index (χ1n) is 5.39. The standard InChI is InChI=1S/C13H13NO/c15-12-13(8-4-1-5-9-13)10-6-2-3-7-11(10)14-12/h1-4,6-7H,5,8-9H2,(H,14,15). The summed E-state index contributed by atoms with van der Waals surface area (Å²) in [5.41, 5.74) is 1.91. The van der Waals surface area contributed by atoms with Gasteiger partial charge in [0.15, 0.2) is 0 Å². The van der Waals surface area contributed by atoms with Crippen LogP contribution in [0.15, 0.2) is 36.4 Å². The Kier molecular flexibility index (Phi) is 1.72. The molecule has 0 aromatic heterocycles. The number of allylic oxidation sites excluding steroid dienone is 2. The second-order valence-electron chi connectivity index (χ2n) is 4.30. The minimum absolute atomic E-state index is 0.174. The van der Waals surface area contributed by atoms with Crippen molar-refractivity contribution in [2.75, 3.05) is 5.32 Å². The summed E-state index contributed by atoms with van der Waals surface area (Å²) in [6.45, 7) is 0. The predicted octanol–water partition coefficient (Wildman–Crippen LogP) is 2.62. The van der Waals surface area contributed by atoms with Crippen molar-refractivity contribution in [2.45, 2.75) is 24.7 Å². The van der Waals surface area contributed by atoms with Gasteiger partial charge in [0.25, 0.3) is 0 Å². The second kappa shape index (κ2) is 2.96. The molecule has 1 spiro atoms. The Morgan fingerprint density at radius 3 is 2.87 bits per heavy atom. The summed E-state index contributed by atoms with van der Waals surface area (Å²) < 4.78 is 0. The van der Waals surface area contributed by atoms with Gasteiger partial charge in [-0.25, -0.2) is 0 Å². The molecule has 0 bridgehead atoms. The monoisotopic (exact) mass is 199 g/mol. The Morgan fingerprint density at radius 2 is 2.07 bits per heavy atom. The highest BCUT2D eigenvalue weighted by molar-refractivity contribution is 6.06. The van der Waals surface area contributed by atoms with Crippen molar-refractivity contribution < 1.29 is 4.79 Å². The summed E-state index contributed by atoms with van der Waals surface area (Å²) in [5, 5.41) is 2.99. The number of carbonyl (C=O) groups is 1. The molecule has 1 N–H and O–H groups in total. The van der Waals surface area contributed by atoms with Crippen LogP contribution in [0.5, 0.6) is 0 Å². The maximum absolute atomic E-state index is 12.1. The summed E-state index contributed by atoms with van der Waals surface area (Å²) in [6, 6.07) is 8.04. The number of benzene rings is 1. The molecular formula is C13H13NO. The van der Waals surface area contributed by atoms with E-state index in [1.165, 1.54) is 5.56 Å². The number of rotatable bonds is 0. The zero-order chi connectivity index (χ0) is 10.3. The van der Waals surface area contributed by atoms with E-state index in [1.54, 1.807) is 0 Å². The molecule has 1 heterocycles. The number of carbonyl (C=O) groups excluding carboxylic acids is 1. The van der Waals surface area contributed by atoms with E-state index in [9.17, 15) is 4.79 Å². The van der Waals surface area contributed by atoms with Crippen LogP contribution in [-0.2, 0) is 10.2 Å². The molecule has 2 heteroatoms. The van der Waals surface area contributed by atoms with Crippen molar-refractivity contribution >= 4 is 11.6 Å². The first-order valence-corrected chi connectivity index (χ1v) is 5.39. The van der Waals surface area contributed by atoms with E-state index in [2.05, 4.69) is 23.5 Å². The smallest absolute Gasteiger partial charge is 0.235 e. The summed E-state index contributed by atoms with van der Waals surface area (Å²) in [6.07, 6.45) is 7.08. The van der Waals surface area contributed by atoms with Crippen molar-refractivity contribution in [2.24, 2.45) is 0 Å². The number of hydrogen-bond acceptors (Lipinski definition) is 1. The summed E-state index contributed by atoms with van der Waals surface area (Å²) in [5.74, 6) is 0.174. The lowest BCUT2D eigenvalue weighted by atomic mass is 9.73. The van der Waals surface area contributed by atoms with Crippen LogP contribution in [0.4, 0.5) is 5.69 Å². The quantitative estimate of drug-likeness (QED) is 0.639. The van der Waals surface area contributed by atoms with Crippen molar-refractivity contribution in [1.29, 1.82) is 0 Å². The van der Waals surface area contributed by atoms with Gasteiger partial charge in [0.05, 0.1) is 5.41 Å². The maximum atomic E-state index is 12.1. The molecule has 0 saturated carbocycles. The largest absolute Gasteiger partial charge is 0.325 e. The number of para-hydroxylation sites is 1. The molecule has 76 valence electrons. The SMILES string of the molecule is O=C1Nc2ccccc2C12CC=CCC2. The lowest BCUT2D eigenvalue weighted by Gasteiger charge is -2.28. The minimum atomic E-state index is -0.272. The average Bonchev–Trinajstić information content (AvgIpc) is 2.55. The second-order valence-corrected chi connectivity index (χ2v) is 4.30. The third kappa shape index (κ3) is 1.08. The van der Waals surface area contributed by atoms with E-state index in [0.717, 1.165) is 24.9 Å². The van der Waals surface area contributed by atoms with Crippen LogP contribution < -0.4 is 5.32 Å². The first kappa shape index (κ1) is 8.72. The molecule has 2 nitrogen and oxygen atoms in total. The van der Waals surface area contributed by atoms with E-state index >= 15 is 0 Å². The topological polar surface area (TPSA) is 29.1 Å². The summed E-state index contributed by atoms with van der Waals surface area (Å²) in [4.78, 5) is 12.1.